The summed E-state index contributed by atoms with van der Waals surface area (Å²) in [5, 5.41) is 8.77. The van der Waals surface area contributed by atoms with E-state index in [1.54, 1.807) is 0 Å². The molecule has 2 heterocycles. The van der Waals surface area contributed by atoms with Gasteiger partial charge >= 0.3 is 23.8 Å². The zero-order valence-corrected chi connectivity index (χ0v) is 18.0. The van der Waals surface area contributed by atoms with Crippen molar-refractivity contribution in [2.75, 3.05) is 51.3 Å². The summed E-state index contributed by atoms with van der Waals surface area (Å²) in [4.78, 5) is 46.8. The minimum atomic E-state index is -0.899. The predicted molar refractivity (Wildman–Crippen MR) is 108 cm³/mol. The van der Waals surface area contributed by atoms with Crippen molar-refractivity contribution in [3.05, 3.63) is 38.5 Å². The van der Waals surface area contributed by atoms with Crippen LogP contribution in [0.15, 0.2) is 27.3 Å². The summed E-state index contributed by atoms with van der Waals surface area (Å²) in [6.07, 6.45) is -1.34. The van der Waals surface area contributed by atoms with E-state index in [1.165, 1.54) is 21.0 Å². The van der Waals surface area contributed by atoms with Gasteiger partial charge in [-0.2, -0.15) is 0 Å². The Labute approximate surface area is 181 Å². The fraction of sp³-hybridized carbons (Fsp3) is 0.556. The van der Waals surface area contributed by atoms with Crippen molar-refractivity contribution in [1.29, 1.82) is 0 Å². The molecule has 2 aromatic heterocycles. The molecule has 0 spiro atoms. The second-order valence-corrected chi connectivity index (χ2v) is 6.37. The second-order valence-electron chi connectivity index (χ2n) is 6.37. The van der Waals surface area contributed by atoms with E-state index in [0.29, 0.717) is 32.7 Å². The quantitative estimate of drug-likeness (QED) is 0.365. The van der Waals surface area contributed by atoms with Gasteiger partial charge in [0.15, 0.2) is 23.9 Å². The van der Waals surface area contributed by atoms with Gasteiger partial charge in [-0.3, -0.25) is 0 Å². The molecule has 3 N–H and O–H groups in total. The number of nitrogens with one attached hydrogen (secondary N) is 3. The van der Waals surface area contributed by atoms with Gasteiger partial charge in [-0.1, -0.05) is 0 Å². The van der Waals surface area contributed by atoms with E-state index in [2.05, 4.69) is 20.4 Å². The molecule has 2 rings (SSSR count). The minimum absolute atomic E-state index is 0.00445. The number of aryl methyl sites for hydroxylation is 2. The third kappa shape index (κ3) is 7.63. The normalized spacial score (nSPS) is 10.7. The van der Waals surface area contributed by atoms with Crippen LogP contribution in [0.4, 0.5) is 15.5 Å². The van der Waals surface area contributed by atoms with Crippen LogP contribution in [0, 0.1) is 13.8 Å². The minimum Gasteiger partial charge on any atom is -0.452 e. The molecule has 0 aliphatic rings. The maximum absolute atomic E-state index is 11.9. The van der Waals surface area contributed by atoms with Crippen molar-refractivity contribution in [3.8, 4) is 0 Å². The number of hydrogen-bond acceptors (Lipinski definition) is 12. The van der Waals surface area contributed by atoms with E-state index in [9.17, 15) is 19.2 Å². The maximum Gasteiger partial charge on any atom is 0.520 e. The van der Waals surface area contributed by atoms with E-state index in [4.69, 9.17) is 22.7 Å². The first-order valence-electron chi connectivity index (χ1n) is 9.69. The molecule has 2 amide bonds. The van der Waals surface area contributed by atoms with Gasteiger partial charge in [0.05, 0.1) is 7.11 Å². The number of carbonyl (C=O) groups is 2. The molecule has 32 heavy (non-hydrogen) atoms. The number of methoxy groups -OCH3 is 1. The lowest BCUT2D eigenvalue weighted by molar-refractivity contribution is 0.130. The average molecular weight is 458 g/mol. The molecule has 14 heteroatoms. The fourth-order valence-corrected chi connectivity index (χ4v) is 2.53. The van der Waals surface area contributed by atoms with Gasteiger partial charge in [-0.25, -0.2) is 24.1 Å². The van der Waals surface area contributed by atoms with Crippen LogP contribution in [0.3, 0.4) is 0 Å². The second kappa shape index (κ2) is 12.4. The highest BCUT2D eigenvalue weighted by molar-refractivity contribution is 5.86. The van der Waals surface area contributed by atoms with Gasteiger partial charge in [0.1, 0.15) is 0 Å². The van der Waals surface area contributed by atoms with E-state index in [1.807, 2.05) is 0 Å². The smallest absolute Gasteiger partial charge is 0.452 e. The lowest BCUT2D eigenvalue weighted by atomic mass is 10.4. The fourth-order valence-electron chi connectivity index (χ4n) is 2.53. The summed E-state index contributed by atoms with van der Waals surface area (Å²) in [5.74, 6) is -1.14. The van der Waals surface area contributed by atoms with Crippen LogP contribution < -0.4 is 32.5 Å². The third-order valence-electron chi connectivity index (χ3n) is 4.09. The van der Waals surface area contributed by atoms with Crippen LogP contribution in [0.5, 0.6) is 0 Å². The first-order chi connectivity index (χ1) is 15.3. The van der Waals surface area contributed by atoms with Gasteiger partial charge < -0.3 is 43.1 Å². The summed E-state index contributed by atoms with van der Waals surface area (Å²) < 4.78 is 28.7. The Kier molecular flexibility index (Phi) is 9.56. The topological polar surface area (TPSA) is 179 Å². The number of anilines is 1. The molecular weight excluding hydrogens is 432 g/mol. The van der Waals surface area contributed by atoms with Gasteiger partial charge in [0, 0.05) is 39.3 Å². The zero-order chi connectivity index (χ0) is 23.5. The van der Waals surface area contributed by atoms with Gasteiger partial charge in [-0.05, 0) is 13.8 Å². The van der Waals surface area contributed by atoms with Gasteiger partial charge in [0.2, 0.25) is 0 Å². The Balaban J connectivity index is 1.55. The molecule has 0 unspecified atom stereocenters. The molecular formula is C18H26N4O10. The molecule has 0 aromatic carbocycles. The molecule has 0 bridgehead atoms. The Bertz CT molecular complexity index is 989. The molecule has 14 nitrogen and oxygen atoms in total. The standard InChI is InChI=1S/C18H26N4O10/c1-11-13(31-17(25)29-11)10-28-15(23)21-7-6-19-4-5-20-8-9-22(16(24)27-3)14-12(2)30-18(26)32-14/h19-20H,4-10H2,1-3H3,(H,21,23). The number of ether oxygens (including phenoxy) is 2. The highest BCUT2D eigenvalue weighted by Gasteiger charge is 2.23. The summed E-state index contributed by atoms with van der Waals surface area (Å²) >= 11 is 0. The summed E-state index contributed by atoms with van der Waals surface area (Å²) in [7, 11) is 1.22. The average Bonchev–Trinajstić information content (AvgIpc) is 3.26. The van der Waals surface area contributed by atoms with E-state index in [-0.39, 0.29) is 36.3 Å². The van der Waals surface area contributed by atoms with Gasteiger partial charge in [-0.15, -0.1) is 0 Å². The highest BCUT2D eigenvalue weighted by atomic mass is 16.6. The van der Waals surface area contributed by atoms with Crippen molar-refractivity contribution in [3.63, 3.8) is 0 Å². The molecule has 0 radical (unpaired) electrons. The lowest BCUT2D eigenvalue weighted by Gasteiger charge is -2.18. The van der Waals surface area contributed by atoms with E-state index >= 15 is 0 Å². The molecule has 0 saturated carbocycles. The van der Waals surface area contributed by atoms with Crippen LogP contribution in [0.25, 0.3) is 0 Å². The SMILES string of the molecule is COC(=O)N(CCNCCNCCNC(=O)OCc1oc(=O)oc1C)c1oc(=O)oc1C. The Morgan fingerprint density at radius 1 is 0.875 bits per heavy atom. The highest BCUT2D eigenvalue weighted by Crippen LogP contribution is 2.18. The third-order valence-corrected chi connectivity index (χ3v) is 4.09. The first kappa shape index (κ1) is 24.7. The maximum atomic E-state index is 11.9. The van der Waals surface area contributed by atoms with Crippen LogP contribution in [-0.4, -0.2) is 58.6 Å². The first-order valence-corrected chi connectivity index (χ1v) is 9.69. The molecule has 0 saturated heterocycles. The molecule has 0 atom stereocenters. The van der Waals surface area contributed by atoms with Crippen molar-refractivity contribution < 1.29 is 36.7 Å². The molecule has 2 aromatic rings. The summed E-state index contributed by atoms with van der Waals surface area (Å²) in [6, 6.07) is 0. The lowest BCUT2D eigenvalue weighted by Crippen LogP contribution is -2.39. The number of rotatable bonds is 12. The number of carbonyl (C=O) groups excluding carboxylic acids is 2. The van der Waals surface area contributed by atoms with Crippen molar-refractivity contribution in [1.82, 2.24) is 16.0 Å². The summed E-state index contributed by atoms with van der Waals surface area (Å²) in [5.41, 5.74) is 0. The number of hydrogen-bond donors (Lipinski definition) is 3. The molecule has 0 aliphatic heterocycles. The Morgan fingerprint density at radius 2 is 1.50 bits per heavy atom. The Morgan fingerprint density at radius 3 is 2.09 bits per heavy atom. The molecule has 0 fully saturated rings. The van der Waals surface area contributed by atoms with Gasteiger partial charge in [0.25, 0.3) is 5.88 Å². The number of alkyl carbamates (subject to hydrolysis) is 1. The van der Waals surface area contributed by atoms with Crippen LogP contribution in [0.1, 0.15) is 17.3 Å². The molecule has 178 valence electrons. The van der Waals surface area contributed by atoms with Crippen LogP contribution >= 0.6 is 0 Å². The number of nitrogens with zero attached hydrogens (tertiary/aromatic N) is 1. The summed E-state index contributed by atoms with van der Waals surface area (Å²) in [6.45, 7) is 5.41. The van der Waals surface area contributed by atoms with Crippen LogP contribution in [-0.2, 0) is 16.1 Å². The zero-order valence-electron chi connectivity index (χ0n) is 18.0. The Hall–Kier alpha value is -3.52. The monoisotopic (exact) mass is 458 g/mol. The van der Waals surface area contributed by atoms with Crippen molar-refractivity contribution in [2.24, 2.45) is 0 Å². The number of amides is 2. The van der Waals surface area contributed by atoms with E-state index < -0.39 is 23.8 Å². The van der Waals surface area contributed by atoms with Crippen molar-refractivity contribution in [2.45, 2.75) is 20.5 Å². The van der Waals surface area contributed by atoms with Crippen molar-refractivity contribution >= 4 is 18.1 Å². The predicted octanol–water partition coefficient (Wildman–Crippen LogP) is 0.0742. The van der Waals surface area contributed by atoms with E-state index in [0.717, 1.165) is 4.90 Å². The molecule has 0 aliphatic carbocycles. The largest absolute Gasteiger partial charge is 0.520 e. The van der Waals surface area contributed by atoms with Crippen LogP contribution in [0.2, 0.25) is 0 Å².